The third-order valence-corrected chi connectivity index (χ3v) is 7.92. The van der Waals surface area contributed by atoms with Gasteiger partial charge in [0.1, 0.15) is 11.6 Å². The van der Waals surface area contributed by atoms with Crippen LogP contribution in [0.5, 0.6) is 5.75 Å². The van der Waals surface area contributed by atoms with Crippen LogP contribution in [0.4, 0.5) is 5.82 Å². The molecule has 3 aliphatic rings. The third-order valence-electron chi connectivity index (χ3n) is 7.92. The molecule has 4 rings (SSSR count). The number of nitrogens with zero attached hydrogens (tertiary/aromatic N) is 2. The van der Waals surface area contributed by atoms with E-state index in [0.29, 0.717) is 30.6 Å². The minimum absolute atomic E-state index is 0.0586. The van der Waals surface area contributed by atoms with Crippen LogP contribution in [0.25, 0.3) is 0 Å². The Bertz CT molecular complexity index is 913. The Kier molecular flexibility index (Phi) is 8.85. The molecule has 1 aromatic heterocycles. The van der Waals surface area contributed by atoms with Gasteiger partial charge in [-0.15, -0.1) is 0 Å². The molecule has 200 valence electrons. The maximum atomic E-state index is 13.8. The predicted molar refractivity (Wildman–Crippen MR) is 137 cm³/mol. The molecule has 9 heteroatoms. The molecule has 2 saturated carbocycles. The molecule has 3 atom stereocenters. The average molecular weight is 503 g/mol. The van der Waals surface area contributed by atoms with Gasteiger partial charge in [-0.2, -0.15) is 0 Å². The van der Waals surface area contributed by atoms with Crippen LogP contribution in [-0.2, 0) is 14.3 Å². The molecule has 2 heterocycles. The highest BCUT2D eigenvalue weighted by Gasteiger charge is 2.45. The molecule has 0 bridgehead atoms. The lowest BCUT2D eigenvalue weighted by molar-refractivity contribution is -0.137. The van der Waals surface area contributed by atoms with Crippen LogP contribution in [0.2, 0.25) is 0 Å². The number of ether oxygens (including phenoxy) is 2. The van der Waals surface area contributed by atoms with Crippen molar-refractivity contribution in [3.63, 3.8) is 0 Å². The molecule has 0 aromatic carbocycles. The van der Waals surface area contributed by atoms with Crippen LogP contribution in [0.3, 0.4) is 0 Å². The number of pyridine rings is 1. The number of aliphatic hydroxyl groups is 1. The van der Waals surface area contributed by atoms with Crippen molar-refractivity contribution < 1.29 is 24.2 Å². The van der Waals surface area contributed by atoms with Crippen molar-refractivity contribution in [2.24, 2.45) is 17.8 Å². The quantitative estimate of drug-likeness (QED) is 0.475. The van der Waals surface area contributed by atoms with Crippen molar-refractivity contribution in [3.8, 4) is 5.75 Å². The highest BCUT2D eigenvalue weighted by atomic mass is 16.5. The van der Waals surface area contributed by atoms with Crippen LogP contribution in [0.1, 0.15) is 63.9 Å². The number of anilines is 1. The number of carbonyl (C=O) groups excluding carboxylic acids is 2. The number of piperidine rings is 1. The third kappa shape index (κ3) is 6.01. The van der Waals surface area contributed by atoms with Crippen molar-refractivity contribution in [2.45, 2.75) is 76.5 Å². The summed E-state index contributed by atoms with van der Waals surface area (Å²) in [5.74, 6) is 0.265. The highest BCUT2D eigenvalue weighted by molar-refractivity contribution is 5.96. The van der Waals surface area contributed by atoms with Gasteiger partial charge in [0.2, 0.25) is 11.8 Å². The smallest absolute Gasteiger partial charge is 0.235 e. The van der Waals surface area contributed by atoms with E-state index >= 15 is 0 Å². The number of hydrogen-bond donors (Lipinski definition) is 3. The maximum absolute atomic E-state index is 13.8. The van der Waals surface area contributed by atoms with Crippen LogP contribution in [0.15, 0.2) is 12.3 Å². The van der Waals surface area contributed by atoms with E-state index in [1.807, 2.05) is 6.07 Å². The average Bonchev–Trinajstić information content (AvgIpc) is 3.70. The summed E-state index contributed by atoms with van der Waals surface area (Å²) in [5.41, 5.74) is 0.983. The van der Waals surface area contributed by atoms with Gasteiger partial charge in [-0.05, 0) is 50.4 Å². The van der Waals surface area contributed by atoms with Crippen molar-refractivity contribution in [3.05, 3.63) is 17.8 Å². The Hall–Kier alpha value is -2.23. The minimum atomic E-state index is -1.05. The van der Waals surface area contributed by atoms with Gasteiger partial charge in [-0.3, -0.25) is 14.5 Å². The molecule has 1 aromatic rings. The Balaban J connectivity index is 1.44. The SMILES string of the molecule is COCC1CCC(NC(=O)[C@@H]2CNC[C@H](C(=O)N(c3cc(OC)c(C(C)C)cn3)C3CC3)[C@@H]2O)CC1. The van der Waals surface area contributed by atoms with Gasteiger partial charge < -0.3 is 25.2 Å². The van der Waals surface area contributed by atoms with Gasteiger partial charge in [0, 0.05) is 56.7 Å². The summed E-state index contributed by atoms with van der Waals surface area (Å²) >= 11 is 0. The second-order valence-electron chi connectivity index (χ2n) is 10.9. The van der Waals surface area contributed by atoms with E-state index in [0.717, 1.165) is 50.7 Å². The number of hydrogen-bond acceptors (Lipinski definition) is 7. The van der Waals surface area contributed by atoms with Gasteiger partial charge in [0.25, 0.3) is 0 Å². The van der Waals surface area contributed by atoms with E-state index in [1.165, 1.54) is 0 Å². The van der Waals surface area contributed by atoms with E-state index in [2.05, 4.69) is 29.5 Å². The van der Waals surface area contributed by atoms with Gasteiger partial charge in [-0.25, -0.2) is 4.98 Å². The zero-order chi connectivity index (χ0) is 25.8. The summed E-state index contributed by atoms with van der Waals surface area (Å²) in [5, 5.41) is 17.6. The van der Waals surface area contributed by atoms with Crippen molar-refractivity contribution in [2.75, 3.05) is 38.8 Å². The lowest BCUT2D eigenvalue weighted by Crippen LogP contribution is -2.58. The van der Waals surface area contributed by atoms with Crippen molar-refractivity contribution in [1.29, 1.82) is 0 Å². The van der Waals surface area contributed by atoms with E-state index in [9.17, 15) is 14.7 Å². The first-order valence-electron chi connectivity index (χ1n) is 13.4. The van der Waals surface area contributed by atoms with Gasteiger partial charge >= 0.3 is 0 Å². The van der Waals surface area contributed by atoms with Crippen molar-refractivity contribution in [1.82, 2.24) is 15.6 Å². The van der Waals surface area contributed by atoms with Gasteiger partial charge in [0.05, 0.1) is 25.0 Å². The summed E-state index contributed by atoms with van der Waals surface area (Å²) in [4.78, 5) is 33.2. The van der Waals surface area contributed by atoms with Gasteiger partial charge in [-0.1, -0.05) is 13.8 Å². The largest absolute Gasteiger partial charge is 0.496 e. The number of methoxy groups -OCH3 is 2. The fourth-order valence-corrected chi connectivity index (χ4v) is 5.59. The van der Waals surface area contributed by atoms with E-state index < -0.39 is 17.9 Å². The monoisotopic (exact) mass is 502 g/mol. The zero-order valence-electron chi connectivity index (χ0n) is 22.0. The number of rotatable bonds is 9. The molecule has 3 N–H and O–H groups in total. The van der Waals surface area contributed by atoms with Crippen LogP contribution < -0.4 is 20.3 Å². The minimum Gasteiger partial charge on any atom is -0.496 e. The number of aromatic nitrogens is 1. The number of nitrogens with one attached hydrogen (secondary N) is 2. The van der Waals surface area contributed by atoms with Crippen LogP contribution in [0, 0.1) is 17.8 Å². The molecular weight excluding hydrogens is 460 g/mol. The zero-order valence-corrected chi connectivity index (χ0v) is 22.0. The highest BCUT2D eigenvalue weighted by Crippen LogP contribution is 2.37. The summed E-state index contributed by atoms with van der Waals surface area (Å²) in [6.45, 7) is 5.59. The lowest BCUT2D eigenvalue weighted by atomic mass is 9.83. The second kappa shape index (κ2) is 11.9. The first kappa shape index (κ1) is 26.8. The number of aliphatic hydroxyl groups excluding tert-OH is 1. The molecule has 0 radical (unpaired) electrons. The Morgan fingerprint density at radius 2 is 1.83 bits per heavy atom. The van der Waals surface area contributed by atoms with E-state index in [1.54, 1.807) is 25.3 Å². The predicted octanol–water partition coefficient (Wildman–Crippen LogP) is 2.23. The normalized spacial score (nSPS) is 28.6. The van der Waals surface area contributed by atoms with Crippen molar-refractivity contribution >= 4 is 17.6 Å². The molecule has 0 unspecified atom stereocenters. The molecule has 2 amide bonds. The maximum Gasteiger partial charge on any atom is 0.235 e. The summed E-state index contributed by atoms with van der Waals surface area (Å²) in [7, 11) is 3.34. The first-order valence-corrected chi connectivity index (χ1v) is 13.4. The van der Waals surface area contributed by atoms with E-state index in [-0.39, 0.29) is 29.8 Å². The molecule has 1 saturated heterocycles. The summed E-state index contributed by atoms with van der Waals surface area (Å²) in [6.07, 6.45) is 6.38. The summed E-state index contributed by atoms with van der Waals surface area (Å²) in [6, 6.07) is 1.98. The Labute approximate surface area is 214 Å². The molecule has 9 nitrogen and oxygen atoms in total. The van der Waals surface area contributed by atoms with Crippen LogP contribution in [-0.4, -0.2) is 74.0 Å². The van der Waals surface area contributed by atoms with Gasteiger partial charge in [0.15, 0.2) is 0 Å². The molecule has 3 fully saturated rings. The molecule has 36 heavy (non-hydrogen) atoms. The molecule has 0 spiro atoms. The number of amides is 2. The number of carbonyl (C=O) groups is 2. The standard InChI is InChI=1S/C27H42N4O5/c1-16(2)20-14-29-24(11-23(20)36-4)31(19-9-10-19)27(34)22-13-28-12-21(25(22)32)26(33)30-18-7-5-17(6-8-18)15-35-3/h11,14,16-19,21-22,25,28,32H,5-10,12-13,15H2,1-4H3,(H,30,33)/t17?,18?,21-,22+,25-/m1/s1. The lowest BCUT2D eigenvalue weighted by Gasteiger charge is -2.37. The molecule has 1 aliphatic heterocycles. The van der Waals surface area contributed by atoms with Crippen LogP contribution >= 0.6 is 0 Å². The van der Waals surface area contributed by atoms with E-state index in [4.69, 9.17) is 9.47 Å². The first-order chi connectivity index (χ1) is 17.3. The topological polar surface area (TPSA) is 113 Å². The fraction of sp³-hybridized carbons (Fsp3) is 0.741. The summed E-state index contributed by atoms with van der Waals surface area (Å²) < 4.78 is 10.9. The molecule has 2 aliphatic carbocycles. The molecular formula is C27H42N4O5. The second-order valence-corrected chi connectivity index (χ2v) is 10.9. The Morgan fingerprint density at radius 3 is 2.44 bits per heavy atom. The Morgan fingerprint density at radius 1 is 1.14 bits per heavy atom. The fourth-order valence-electron chi connectivity index (χ4n) is 5.59.